The molecule has 3 rings (SSSR count). The molecule has 2 aliphatic rings. The zero-order valence-electron chi connectivity index (χ0n) is 17.5. The molecule has 0 unspecified atom stereocenters. The minimum atomic E-state index is -0.663. The van der Waals surface area contributed by atoms with Gasteiger partial charge in [0.2, 0.25) is 0 Å². The first kappa shape index (κ1) is 20.9. The van der Waals surface area contributed by atoms with Crippen LogP contribution in [0.3, 0.4) is 0 Å². The third-order valence-corrected chi connectivity index (χ3v) is 6.19. The average molecular weight is 386 g/mol. The number of aryl methyl sites for hydroxylation is 1. The molecule has 154 valence electrons. The second-order valence-corrected chi connectivity index (χ2v) is 8.39. The molecule has 0 atom stereocenters. The summed E-state index contributed by atoms with van der Waals surface area (Å²) in [6.45, 7) is 7.54. The van der Waals surface area contributed by atoms with Crippen molar-refractivity contribution in [3.63, 3.8) is 0 Å². The van der Waals surface area contributed by atoms with Crippen LogP contribution in [0.4, 0.5) is 0 Å². The third kappa shape index (κ3) is 5.38. The Morgan fingerprint density at radius 1 is 1.14 bits per heavy atom. The maximum Gasteiger partial charge on any atom is 0.309 e. The fourth-order valence-corrected chi connectivity index (χ4v) is 4.29. The molecular formula is C24H35NO3. The van der Waals surface area contributed by atoms with Crippen LogP contribution in [0.5, 0.6) is 5.75 Å². The number of aliphatic carboxylic acids is 1. The lowest BCUT2D eigenvalue weighted by Gasteiger charge is -2.38. The van der Waals surface area contributed by atoms with Crippen LogP contribution in [0.1, 0.15) is 69.9 Å². The maximum absolute atomic E-state index is 11.0. The van der Waals surface area contributed by atoms with Crippen LogP contribution in [0, 0.1) is 5.92 Å². The third-order valence-electron chi connectivity index (χ3n) is 6.19. The highest BCUT2D eigenvalue weighted by atomic mass is 16.5. The van der Waals surface area contributed by atoms with Crippen molar-refractivity contribution in [3.05, 3.63) is 34.9 Å². The van der Waals surface area contributed by atoms with E-state index in [9.17, 15) is 4.79 Å². The van der Waals surface area contributed by atoms with Crippen LogP contribution in [0.2, 0.25) is 0 Å². The Labute approximate surface area is 169 Å². The van der Waals surface area contributed by atoms with Crippen LogP contribution < -0.4 is 4.74 Å². The number of carboxylic acids is 1. The lowest BCUT2D eigenvalue weighted by Crippen LogP contribution is -2.50. The van der Waals surface area contributed by atoms with Gasteiger partial charge in [-0.1, -0.05) is 50.7 Å². The van der Waals surface area contributed by atoms with Crippen molar-refractivity contribution in [2.75, 3.05) is 26.2 Å². The molecule has 28 heavy (non-hydrogen) atoms. The molecule has 0 saturated carbocycles. The normalized spacial score (nSPS) is 17.4. The molecule has 1 aromatic carbocycles. The molecule has 1 saturated heterocycles. The highest BCUT2D eigenvalue weighted by Gasteiger charge is 2.33. The highest BCUT2D eigenvalue weighted by molar-refractivity contribution is 5.73. The van der Waals surface area contributed by atoms with Crippen LogP contribution >= 0.6 is 0 Å². The summed E-state index contributed by atoms with van der Waals surface area (Å²) in [7, 11) is 0. The molecule has 1 heterocycles. The second-order valence-electron chi connectivity index (χ2n) is 8.39. The summed E-state index contributed by atoms with van der Waals surface area (Å²) in [5.74, 6) is 0.156. The van der Waals surface area contributed by atoms with Crippen molar-refractivity contribution >= 4 is 11.5 Å². The first-order valence-corrected chi connectivity index (χ1v) is 11.0. The number of nitrogens with zero attached hydrogens (tertiary/aromatic N) is 1. The summed E-state index contributed by atoms with van der Waals surface area (Å²) in [4.78, 5) is 13.2. The molecular weight excluding hydrogens is 350 g/mol. The van der Waals surface area contributed by atoms with Crippen molar-refractivity contribution in [3.8, 4) is 5.75 Å². The van der Waals surface area contributed by atoms with E-state index in [0.29, 0.717) is 13.1 Å². The first-order valence-electron chi connectivity index (χ1n) is 11.0. The number of hydrogen-bond donors (Lipinski definition) is 1. The van der Waals surface area contributed by atoms with E-state index in [2.05, 4.69) is 36.9 Å². The van der Waals surface area contributed by atoms with E-state index in [1.807, 2.05) is 0 Å². The van der Waals surface area contributed by atoms with Gasteiger partial charge in [0.05, 0.1) is 12.5 Å². The Hall–Kier alpha value is -1.81. The standard InChI is InChI=1S/C24H35NO3/c1-3-4-5-6-7-8-13-28-22-11-12-23-18(2)20(10-9-19(23)14-22)15-25-16-21(17-25)24(26)27/h11-12,14,21H,3-10,13,15-17H2,1-2H3,(H,26,27). The number of fused-ring (bicyclic) bond motifs is 1. The highest BCUT2D eigenvalue weighted by Crippen LogP contribution is 2.34. The van der Waals surface area contributed by atoms with Crippen LogP contribution in [-0.2, 0) is 11.2 Å². The van der Waals surface area contributed by atoms with E-state index in [4.69, 9.17) is 9.84 Å². The molecule has 0 amide bonds. The Morgan fingerprint density at radius 3 is 2.64 bits per heavy atom. The molecule has 4 heteroatoms. The summed E-state index contributed by atoms with van der Waals surface area (Å²) >= 11 is 0. The number of likely N-dealkylation sites (tertiary alicyclic amines) is 1. The topological polar surface area (TPSA) is 49.8 Å². The number of unbranched alkanes of at least 4 members (excludes halogenated alkanes) is 5. The molecule has 0 radical (unpaired) electrons. The molecule has 1 aliphatic heterocycles. The van der Waals surface area contributed by atoms with Gasteiger partial charge in [-0.25, -0.2) is 0 Å². The number of carbonyl (C=O) groups is 1. The molecule has 0 spiro atoms. The fraction of sp³-hybridized carbons (Fsp3) is 0.625. The van der Waals surface area contributed by atoms with Gasteiger partial charge in [-0.15, -0.1) is 0 Å². The number of rotatable bonds is 11. The molecule has 1 N–H and O–H groups in total. The Bertz CT molecular complexity index is 704. The Kier molecular flexibility index (Phi) is 7.55. The summed E-state index contributed by atoms with van der Waals surface area (Å²) in [6, 6.07) is 6.53. The number of benzene rings is 1. The second kappa shape index (κ2) is 10.1. The zero-order chi connectivity index (χ0) is 19.9. The minimum Gasteiger partial charge on any atom is -0.494 e. The Balaban J connectivity index is 1.48. The van der Waals surface area contributed by atoms with E-state index in [-0.39, 0.29) is 5.92 Å². The molecule has 1 fully saturated rings. The van der Waals surface area contributed by atoms with Gasteiger partial charge in [-0.2, -0.15) is 0 Å². The van der Waals surface area contributed by atoms with Gasteiger partial charge in [0.25, 0.3) is 0 Å². The molecule has 0 bridgehead atoms. The number of ether oxygens (including phenoxy) is 1. The van der Waals surface area contributed by atoms with Gasteiger partial charge in [0.15, 0.2) is 0 Å². The lowest BCUT2D eigenvalue weighted by molar-refractivity contribution is -0.147. The summed E-state index contributed by atoms with van der Waals surface area (Å²) < 4.78 is 5.99. The predicted octanol–water partition coefficient (Wildman–Crippen LogP) is 5.16. The average Bonchev–Trinajstić information content (AvgIpc) is 2.64. The van der Waals surface area contributed by atoms with Gasteiger partial charge >= 0.3 is 5.97 Å². The van der Waals surface area contributed by atoms with E-state index in [0.717, 1.165) is 38.2 Å². The Morgan fingerprint density at radius 2 is 1.89 bits per heavy atom. The molecule has 0 aromatic heterocycles. The lowest BCUT2D eigenvalue weighted by atomic mass is 9.85. The summed E-state index contributed by atoms with van der Waals surface area (Å²) in [5, 5.41) is 9.04. The zero-order valence-corrected chi connectivity index (χ0v) is 17.5. The van der Waals surface area contributed by atoms with E-state index in [1.165, 1.54) is 54.4 Å². The van der Waals surface area contributed by atoms with Crippen molar-refractivity contribution in [1.82, 2.24) is 4.90 Å². The largest absolute Gasteiger partial charge is 0.494 e. The van der Waals surface area contributed by atoms with Crippen molar-refractivity contribution < 1.29 is 14.6 Å². The summed E-state index contributed by atoms with van der Waals surface area (Å²) in [5.41, 5.74) is 5.54. The number of hydrogen-bond acceptors (Lipinski definition) is 3. The van der Waals surface area contributed by atoms with E-state index >= 15 is 0 Å². The van der Waals surface area contributed by atoms with Gasteiger partial charge in [0, 0.05) is 19.6 Å². The van der Waals surface area contributed by atoms with Gasteiger partial charge in [-0.3, -0.25) is 9.69 Å². The first-order chi connectivity index (χ1) is 13.6. The predicted molar refractivity (Wildman–Crippen MR) is 114 cm³/mol. The smallest absolute Gasteiger partial charge is 0.309 e. The van der Waals surface area contributed by atoms with Crippen molar-refractivity contribution in [2.45, 2.75) is 65.2 Å². The summed E-state index contributed by atoms with van der Waals surface area (Å²) in [6.07, 6.45) is 9.81. The van der Waals surface area contributed by atoms with E-state index in [1.54, 1.807) is 0 Å². The maximum atomic E-state index is 11.0. The monoisotopic (exact) mass is 385 g/mol. The van der Waals surface area contributed by atoms with Crippen LogP contribution in [0.15, 0.2) is 23.8 Å². The van der Waals surface area contributed by atoms with Gasteiger partial charge in [0.1, 0.15) is 5.75 Å². The van der Waals surface area contributed by atoms with Crippen LogP contribution in [0.25, 0.3) is 5.57 Å². The fourth-order valence-electron chi connectivity index (χ4n) is 4.29. The van der Waals surface area contributed by atoms with Crippen molar-refractivity contribution in [2.24, 2.45) is 5.92 Å². The van der Waals surface area contributed by atoms with Gasteiger partial charge in [-0.05, 0) is 55.0 Å². The number of carboxylic acid groups (broad SMARTS) is 1. The quantitative estimate of drug-likeness (QED) is 0.534. The minimum absolute atomic E-state index is 0.178. The SMILES string of the molecule is CCCCCCCCOc1ccc2c(c1)CCC(CN1CC(C(=O)O)C1)=C2C. The molecule has 1 aromatic rings. The van der Waals surface area contributed by atoms with Crippen LogP contribution in [-0.4, -0.2) is 42.2 Å². The van der Waals surface area contributed by atoms with E-state index < -0.39 is 5.97 Å². The van der Waals surface area contributed by atoms with Gasteiger partial charge < -0.3 is 9.84 Å². The van der Waals surface area contributed by atoms with Crippen molar-refractivity contribution in [1.29, 1.82) is 0 Å². The number of allylic oxidation sites excluding steroid dienone is 1. The molecule has 4 nitrogen and oxygen atoms in total. The molecule has 1 aliphatic carbocycles.